The lowest BCUT2D eigenvalue weighted by atomic mass is 9.86. The zero-order chi connectivity index (χ0) is 15.6. The van der Waals surface area contributed by atoms with Crippen LogP contribution >= 0.6 is 0 Å². The van der Waals surface area contributed by atoms with Crippen LogP contribution < -0.4 is 0 Å². The van der Waals surface area contributed by atoms with Gasteiger partial charge in [0.05, 0.1) is 6.10 Å². The fourth-order valence-electron chi connectivity index (χ4n) is 2.76. The van der Waals surface area contributed by atoms with Gasteiger partial charge in [-0.2, -0.15) is 0 Å². The molecule has 1 aliphatic rings. The average Bonchev–Trinajstić information content (AvgIpc) is 2.90. The molecule has 118 valence electrons. The molecule has 2 unspecified atom stereocenters. The first-order chi connectivity index (χ1) is 9.79. The van der Waals surface area contributed by atoms with Gasteiger partial charge in [0, 0.05) is 31.0 Å². The zero-order valence-electron chi connectivity index (χ0n) is 13.4. The van der Waals surface area contributed by atoms with Gasteiger partial charge in [-0.25, -0.2) is 0 Å². The van der Waals surface area contributed by atoms with E-state index in [0.717, 1.165) is 25.7 Å². The molecule has 0 aliphatic heterocycles. The molecule has 21 heavy (non-hydrogen) atoms. The molecule has 5 nitrogen and oxygen atoms in total. The van der Waals surface area contributed by atoms with Gasteiger partial charge in [0.15, 0.2) is 5.69 Å². The van der Waals surface area contributed by atoms with Gasteiger partial charge in [0.2, 0.25) is 0 Å². The van der Waals surface area contributed by atoms with Gasteiger partial charge in [-0.1, -0.05) is 38.8 Å². The maximum atomic E-state index is 12.4. The van der Waals surface area contributed by atoms with Crippen LogP contribution in [0.15, 0.2) is 10.6 Å². The van der Waals surface area contributed by atoms with E-state index < -0.39 is 0 Å². The second-order valence-electron chi connectivity index (χ2n) is 7.12. The predicted octanol–water partition coefficient (Wildman–Crippen LogP) is 2.60. The molecule has 0 spiro atoms. The molecule has 5 heteroatoms. The number of aliphatic hydroxyl groups excluding tert-OH is 1. The molecule has 1 aromatic rings. The van der Waals surface area contributed by atoms with Gasteiger partial charge in [0.25, 0.3) is 5.91 Å². The van der Waals surface area contributed by atoms with Crippen LogP contribution in [0.4, 0.5) is 0 Å². The maximum absolute atomic E-state index is 12.4. The maximum Gasteiger partial charge on any atom is 0.275 e. The SMILES string of the molecule is CN(CC1CCCCC1O)C(=O)c1cc(C(C)(C)C)on1. The Morgan fingerprint density at radius 1 is 1.43 bits per heavy atom. The lowest BCUT2D eigenvalue weighted by molar-refractivity contribution is 0.0447. The van der Waals surface area contributed by atoms with Gasteiger partial charge in [-0.3, -0.25) is 4.79 Å². The molecule has 1 aromatic heterocycles. The van der Waals surface area contributed by atoms with Crippen molar-refractivity contribution in [2.24, 2.45) is 5.92 Å². The molecular formula is C16H26N2O3. The van der Waals surface area contributed by atoms with Crippen molar-refractivity contribution in [2.45, 2.75) is 58.0 Å². The lowest BCUT2D eigenvalue weighted by Crippen LogP contribution is -2.38. The molecule has 1 N–H and O–H groups in total. The van der Waals surface area contributed by atoms with E-state index in [1.807, 2.05) is 20.8 Å². The Morgan fingerprint density at radius 3 is 2.67 bits per heavy atom. The van der Waals surface area contributed by atoms with E-state index in [1.165, 1.54) is 0 Å². The second kappa shape index (κ2) is 6.18. The van der Waals surface area contributed by atoms with Crippen LogP contribution in [-0.2, 0) is 5.41 Å². The van der Waals surface area contributed by atoms with Crippen LogP contribution in [0, 0.1) is 5.92 Å². The summed E-state index contributed by atoms with van der Waals surface area (Å²) in [5.41, 5.74) is 0.177. The van der Waals surface area contributed by atoms with Crippen LogP contribution in [0.25, 0.3) is 0 Å². The number of hydrogen-bond acceptors (Lipinski definition) is 4. The Morgan fingerprint density at radius 2 is 2.10 bits per heavy atom. The molecule has 0 radical (unpaired) electrons. The number of carbonyl (C=O) groups excluding carboxylic acids is 1. The minimum atomic E-state index is -0.295. The van der Waals surface area contributed by atoms with Crippen molar-refractivity contribution in [3.63, 3.8) is 0 Å². The molecule has 0 saturated heterocycles. The standard InChI is InChI=1S/C16H26N2O3/c1-16(2,3)14-9-12(17-21-14)15(20)18(4)10-11-7-5-6-8-13(11)19/h9,11,13,19H,5-8,10H2,1-4H3. The van der Waals surface area contributed by atoms with Gasteiger partial charge in [-0.15, -0.1) is 0 Å². The highest BCUT2D eigenvalue weighted by Crippen LogP contribution is 2.26. The monoisotopic (exact) mass is 294 g/mol. The summed E-state index contributed by atoms with van der Waals surface area (Å²) in [5, 5.41) is 13.9. The van der Waals surface area contributed by atoms with Crippen molar-refractivity contribution in [3.05, 3.63) is 17.5 Å². The number of amides is 1. The van der Waals surface area contributed by atoms with Crippen molar-refractivity contribution >= 4 is 5.91 Å². The molecule has 2 atom stereocenters. The molecule has 0 bridgehead atoms. The van der Waals surface area contributed by atoms with Crippen LogP contribution in [0.1, 0.15) is 62.7 Å². The van der Waals surface area contributed by atoms with Crippen molar-refractivity contribution in [2.75, 3.05) is 13.6 Å². The van der Waals surface area contributed by atoms with Crippen molar-refractivity contribution < 1.29 is 14.4 Å². The van der Waals surface area contributed by atoms with E-state index in [4.69, 9.17) is 4.52 Å². The molecule has 0 aromatic carbocycles. The normalized spacial score (nSPS) is 23.1. The highest BCUT2D eigenvalue weighted by atomic mass is 16.5. The first-order valence-corrected chi connectivity index (χ1v) is 7.70. The fourth-order valence-corrected chi connectivity index (χ4v) is 2.76. The summed E-state index contributed by atoms with van der Waals surface area (Å²) in [5.74, 6) is 0.727. The van der Waals surface area contributed by atoms with Gasteiger partial charge >= 0.3 is 0 Å². The summed E-state index contributed by atoms with van der Waals surface area (Å²) in [4.78, 5) is 14.0. The summed E-state index contributed by atoms with van der Waals surface area (Å²) >= 11 is 0. The highest BCUT2D eigenvalue weighted by molar-refractivity contribution is 5.92. The summed E-state index contributed by atoms with van der Waals surface area (Å²) < 4.78 is 5.26. The average molecular weight is 294 g/mol. The summed E-state index contributed by atoms with van der Waals surface area (Å²) in [6.07, 6.45) is 3.72. The van der Waals surface area contributed by atoms with E-state index in [0.29, 0.717) is 18.0 Å². The molecule has 1 heterocycles. The number of hydrogen-bond donors (Lipinski definition) is 1. The highest BCUT2D eigenvalue weighted by Gasteiger charge is 2.28. The van der Waals surface area contributed by atoms with Gasteiger partial charge in [-0.05, 0) is 12.8 Å². The Hall–Kier alpha value is -1.36. The largest absolute Gasteiger partial charge is 0.393 e. The Kier molecular flexibility index (Phi) is 4.71. The van der Waals surface area contributed by atoms with Crippen molar-refractivity contribution in [1.82, 2.24) is 10.1 Å². The Bertz CT molecular complexity index is 490. The minimum Gasteiger partial charge on any atom is -0.393 e. The zero-order valence-corrected chi connectivity index (χ0v) is 13.4. The van der Waals surface area contributed by atoms with Crippen LogP contribution in [-0.4, -0.2) is 40.8 Å². The van der Waals surface area contributed by atoms with E-state index in [2.05, 4.69) is 5.16 Å². The van der Waals surface area contributed by atoms with E-state index in [-0.39, 0.29) is 23.3 Å². The van der Waals surface area contributed by atoms with Crippen molar-refractivity contribution in [3.8, 4) is 0 Å². The smallest absolute Gasteiger partial charge is 0.275 e. The first kappa shape index (κ1) is 16.0. The minimum absolute atomic E-state index is 0.146. The quantitative estimate of drug-likeness (QED) is 0.930. The summed E-state index contributed by atoms with van der Waals surface area (Å²) in [7, 11) is 1.76. The number of rotatable bonds is 3. The molecule has 1 fully saturated rings. The molecule has 1 aliphatic carbocycles. The summed E-state index contributed by atoms with van der Waals surface area (Å²) in [6.45, 7) is 6.62. The van der Waals surface area contributed by atoms with Crippen molar-refractivity contribution in [1.29, 1.82) is 0 Å². The van der Waals surface area contributed by atoms with Crippen LogP contribution in [0.3, 0.4) is 0 Å². The molecular weight excluding hydrogens is 268 g/mol. The Balaban J connectivity index is 2.00. The van der Waals surface area contributed by atoms with Gasteiger partial charge in [0.1, 0.15) is 5.76 Å². The lowest BCUT2D eigenvalue weighted by Gasteiger charge is -2.30. The molecule has 1 amide bonds. The first-order valence-electron chi connectivity index (χ1n) is 7.70. The number of carbonyl (C=O) groups is 1. The Labute approximate surface area is 126 Å². The molecule has 2 rings (SSSR count). The molecule has 1 saturated carbocycles. The second-order valence-corrected chi connectivity index (χ2v) is 7.12. The van der Waals surface area contributed by atoms with Crippen LogP contribution in [0.5, 0.6) is 0 Å². The van der Waals surface area contributed by atoms with Gasteiger partial charge < -0.3 is 14.5 Å². The van der Waals surface area contributed by atoms with Crippen LogP contribution in [0.2, 0.25) is 0 Å². The predicted molar refractivity (Wildman–Crippen MR) is 80.1 cm³/mol. The third-order valence-electron chi connectivity index (χ3n) is 4.19. The van der Waals surface area contributed by atoms with E-state index in [9.17, 15) is 9.90 Å². The number of nitrogens with zero attached hydrogens (tertiary/aromatic N) is 2. The van der Waals surface area contributed by atoms with E-state index in [1.54, 1.807) is 18.0 Å². The topological polar surface area (TPSA) is 66.6 Å². The third kappa shape index (κ3) is 3.84. The summed E-state index contributed by atoms with van der Waals surface area (Å²) in [6, 6.07) is 1.72. The number of aromatic nitrogens is 1. The third-order valence-corrected chi connectivity index (χ3v) is 4.19. The van der Waals surface area contributed by atoms with E-state index >= 15 is 0 Å². The number of aliphatic hydroxyl groups is 1. The fraction of sp³-hybridized carbons (Fsp3) is 0.750.